The van der Waals surface area contributed by atoms with Crippen LogP contribution in [0.3, 0.4) is 0 Å². The molecule has 0 aliphatic heterocycles. The van der Waals surface area contributed by atoms with E-state index in [4.69, 9.17) is 23.1 Å². The largest absolute Gasteiger partial charge is 0.328 e. The molecular weight excluding hydrogens is 203 g/mol. The van der Waals surface area contributed by atoms with Gasteiger partial charge in [-0.05, 0) is 31.0 Å². The quantitative estimate of drug-likeness (QED) is 0.814. The number of hydrogen-bond donors (Lipinski definition) is 2. The van der Waals surface area contributed by atoms with E-state index in [-0.39, 0.29) is 17.1 Å². The lowest BCUT2D eigenvalue weighted by Gasteiger charge is -2.14. The molecule has 14 heavy (non-hydrogen) atoms. The Labute approximate surface area is 88.0 Å². The van der Waals surface area contributed by atoms with E-state index < -0.39 is 5.82 Å². The first-order chi connectivity index (χ1) is 6.50. The molecule has 4 heteroatoms. The molecule has 0 aliphatic carbocycles. The third kappa shape index (κ3) is 2.94. The van der Waals surface area contributed by atoms with Crippen molar-refractivity contribution in [3.63, 3.8) is 0 Å². The Bertz CT molecular complexity index is 315. The second-order valence-electron chi connectivity index (χ2n) is 3.49. The van der Waals surface area contributed by atoms with E-state index in [2.05, 4.69) is 0 Å². The van der Waals surface area contributed by atoms with Crippen LogP contribution in [0.4, 0.5) is 4.39 Å². The first-order valence-corrected chi connectivity index (χ1v) is 4.84. The first-order valence-electron chi connectivity index (χ1n) is 4.47. The van der Waals surface area contributed by atoms with Crippen molar-refractivity contribution in [2.24, 2.45) is 11.5 Å². The van der Waals surface area contributed by atoms with Gasteiger partial charge in [0, 0.05) is 12.1 Å². The summed E-state index contributed by atoms with van der Waals surface area (Å²) >= 11 is 5.63. The third-order valence-electron chi connectivity index (χ3n) is 2.00. The number of rotatable bonds is 3. The molecule has 1 aromatic rings. The van der Waals surface area contributed by atoms with Crippen LogP contribution >= 0.6 is 11.6 Å². The zero-order valence-corrected chi connectivity index (χ0v) is 8.76. The highest BCUT2D eigenvalue weighted by molar-refractivity contribution is 6.30. The Kier molecular flexibility index (Phi) is 3.86. The first kappa shape index (κ1) is 11.4. The van der Waals surface area contributed by atoms with Gasteiger partial charge in [-0.25, -0.2) is 4.39 Å². The van der Waals surface area contributed by atoms with Crippen LogP contribution in [0, 0.1) is 5.82 Å². The number of halogens is 2. The SMILES string of the molecule is CC(N)CC(N)c1ccc(F)c(Cl)c1. The van der Waals surface area contributed by atoms with Gasteiger partial charge < -0.3 is 11.5 Å². The highest BCUT2D eigenvalue weighted by Crippen LogP contribution is 2.21. The van der Waals surface area contributed by atoms with Crippen molar-refractivity contribution in [3.05, 3.63) is 34.6 Å². The molecule has 78 valence electrons. The van der Waals surface area contributed by atoms with Crippen molar-refractivity contribution >= 4 is 11.6 Å². The average Bonchev–Trinajstić information content (AvgIpc) is 2.08. The highest BCUT2D eigenvalue weighted by Gasteiger charge is 2.10. The molecular formula is C10H14ClFN2. The van der Waals surface area contributed by atoms with Gasteiger partial charge in [0.25, 0.3) is 0 Å². The molecule has 0 amide bonds. The van der Waals surface area contributed by atoms with Gasteiger partial charge in [-0.1, -0.05) is 17.7 Å². The zero-order chi connectivity index (χ0) is 10.7. The predicted molar refractivity (Wildman–Crippen MR) is 56.6 cm³/mol. The van der Waals surface area contributed by atoms with Crippen molar-refractivity contribution in [2.45, 2.75) is 25.4 Å². The fourth-order valence-corrected chi connectivity index (χ4v) is 1.47. The molecule has 0 aromatic heterocycles. The van der Waals surface area contributed by atoms with E-state index in [9.17, 15) is 4.39 Å². The van der Waals surface area contributed by atoms with Gasteiger partial charge in [-0.15, -0.1) is 0 Å². The van der Waals surface area contributed by atoms with E-state index in [1.54, 1.807) is 12.1 Å². The van der Waals surface area contributed by atoms with Crippen LogP contribution < -0.4 is 11.5 Å². The van der Waals surface area contributed by atoms with E-state index in [1.165, 1.54) is 6.07 Å². The minimum atomic E-state index is -0.427. The van der Waals surface area contributed by atoms with Crippen LogP contribution in [-0.4, -0.2) is 6.04 Å². The maximum Gasteiger partial charge on any atom is 0.141 e. The van der Waals surface area contributed by atoms with Crippen LogP contribution in [0.1, 0.15) is 24.9 Å². The summed E-state index contributed by atoms with van der Waals surface area (Å²) in [6.45, 7) is 1.88. The van der Waals surface area contributed by atoms with Crippen LogP contribution in [0.15, 0.2) is 18.2 Å². The Morgan fingerprint density at radius 3 is 2.57 bits per heavy atom. The lowest BCUT2D eigenvalue weighted by molar-refractivity contribution is 0.566. The van der Waals surface area contributed by atoms with Gasteiger partial charge >= 0.3 is 0 Å². The van der Waals surface area contributed by atoms with Crippen molar-refractivity contribution < 1.29 is 4.39 Å². The summed E-state index contributed by atoms with van der Waals surface area (Å²) < 4.78 is 12.8. The fraction of sp³-hybridized carbons (Fsp3) is 0.400. The summed E-state index contributed by atoms with van der Waals surface area (Å²) in [5, 5.41) is 0.0997. The molecule has 0 bridgehead atoms. The van der Waals surface area contributed by atoms with E-state index in [1.807, 2.05) is 6.92 Å². The molecule has 0 heterocycles. The zero-order valence-electron chi connectivity index (χ0n) is 8.00. The molecule has 0 radical (unpaired) electrons. The third-order valence-corrected chi connectivity index (χ3v) is 2.29. The summed E-state index contributed by atoms with van der Waals surface area (Å²) in [4.78, 5) is 0. The van der Waals surface area contributed by atoms with Gasteiger partial charge in [0.1, 0.15) is 5.82 Å². The van der Waals surface area contributed by atoms with Gasteiger partial charge in [0.2, 0.25) is 0 Å². The normalized spacial score (nSPS) is 15.2. The van der Waals surface area contributed by atoms with Crippen LogP contribution in [-0.2, 0) is 0 Å². The Morgan fingerprint density at radius 2 is 2.07 bits per heavy atom. The maximum atomic E-state index is 12.8. The molecule has 2 nitrogen and oxygen atoms in total. The van der Waals surface area contributed by atoms with Gasteiger partial charge in [0.15, 0.2) is 0 Å². The molecule has 2 unspecified atom stereocenters. The lowest BCUT2D eigenvalue weighted by atomic mass is 10.0. The van der Waals surface area contributed by atoms with E-state index >= 15 is 0 Å². The molecule has 0 spiro atoms. The summed E-state index contributed by atoms with van der Waals surface area (Å²) in [6, 6.07) is 4.33. The Hall–Kier alpha value is -0.640. The molecule has 0 fully saturated rings. The number of hydrogen-bond acceptors (Lipinski definition) is 2. The van der Waals surface area contributed by atoms with Crippen LogP contribution in [0.2, 0.25) is 5.02 Å². The predicted octanol–water partition coefficient (Wildman–Crippen LogP) is 2.22. The summed E-state index contributed by atoms with van der Waals surface area (Å²) in [5.74, 6) is -0.427. The van der Waals surface area contributed by atoms with E-state index in [0.717, 1.165) is 5.56 Å². The minimum Gasteiger partial charge on any atom is -0.328 e. The number of nitrogens with two attached hydrogens (primary N) is 2. The Balaban J connectivity index is 2.80. The molecule has 1 aromatic carbocycles. The molecule has 4 N–H and O–H groups in total. The standard InChI is InChI=1S/C10H14ClFN2/c1-6(13)4-10(14)7-2-3-9(12)8(11)5-7/h2-3,5-6,10H,4,13-14H2,1H3. The monoisotopic (exact) mass is 216 g/mol. The lowest BCUT2D eigenvalue weighted by Crippen LogP contribution is -2.23. The summed E-state index contributed by atoms with van der Waals surface area (Å²) in [7, 11) is 0. The topological polar surface area (TPSA) is 52.0 Å². The van der Waals surface area contributed by atoms with Crippen molar-refractivity contribution in [1.29, 1.82) is 0 Å². The molecule has 1 rings (SSSR count). The second kappa shape index (κ2) is 4.73. The average molecular weight is 217 g/mol. The van der Waals surface area contributed by atoms with Gasteiger partial charge in [-0.2, -0.15) is 0 Å². The maximum absolute atomic E-state index is 12.8. The summed E-state index contributed by atoms with van der Waals surface area (Å²) in [6.07, 6.45) is 0.655. The van der Waals surface area contributed by atoms with Crippen LogP contribution in [0.5, 0.6) is 0 Å². The minimum absolute atomic E-state index is 0.0221. The van der Waals surface area contributed by atoms with Crippen LogP contribution in [0.25, 0.3) is 0 Å². The van der Waals surface area contributed by atoms with Gasteiger partial charge in [0.05, 0.1) is 5.02 Å². The fourth-order valence-electron chi connectivity index (χ4n) is 1.28. The molecule has 0 saturated carbocycles. The molecule has 0 saturated heterocycles. The van der Waals surface area contributed by atoms with E-state index in [0.29, 0.717) is 6.42 Å². The smallest absolute Gasteiger partial charge is 0.141 e. The van der Waals surface area contributed by atoms with Gasteiger partial charge in [-0.3, -0.25) is 0 Å². The highest BCUT2D eigenvalue weighted by atomic mass is 35.5. The summed E-state index contributed by atoms with van der Waals surface area (Å²) in [5.41, 5.74) is 12.3. The van der Waals surface area contributed by atoms with Crippen molar-refractivity contribution in [1.82, 2.24) is 0 Å². The molecule has 0 aliphatic rings. The number of benzene rings is 1. The Morgan fingerprint density at radius 1 is 1.43 bits per heavy atom. The van der Waals surface area contributed by atoms with Crippen molar-refractivity contribution in [2.75, 3.05) is 0 Å². The second-order valence-corrected chi connectivity index (χ2v) is 3.90. The molecule has 2 atom stereocenters. The van der Waals surface area contributed by atoms with Crippen molar-refractivity contribution in [3.8, 4) is 0 Å².